The van der Waals surface area contributed by atoms with Crippen LogP contribution in [0, 0.1) is 15.2 Å². The van der Waals surface area contributed by atoms with Gasteiger partial charge in [-0.25, -0.2) is 13.8 Å². The Bertz CT molecular complexity index is 726. The summed E-state index contributed by atoms with van der Waals surface area (Å²) in [6.07, 6.45) is 1.76. The third-order valence-electron chi connectivity index (χ3n) is 3.75. The number of pyridine rings is 1. The zero-order chi connectivity index (χ0) is 15.9. The molecule has 0 bridgehead atoms. The lowest BCUT2D eigenvalue weighted by molar-refractivity contribution is 0.556. The molecule has 3 nitrogen and oxygen atoms in total. The van der Waals surface area contributed by atoms with Crippen molar-refractivity contribution < 1.29 is 8.78 Å². The van der Waals surface area contributed by atoms with E-state index >= 15 is 0 Å². The number of nitrogens with one attached hydrogen (secondary N) is 1. The third-order valence-corrected chi connectivity index (χ3v) is 4.73. The number of halogens is 4. The van der Waals surface area contributed by atoms with Crippen LogP contribution in [0.15, 0.2) is 24.4 Å². The van der Waals surface area contributed by atoms with E-state index in [1.54, 1.807) is 6.20 Å². The molecule has 0 spiro atoms. The Morgan fingerprint density at radius 2 is 2.09 bits per heavy atom. The van der Waals surface area contributed by atoms with Crippen molar-refractivity contribution in [2.75, 3.05) is 23.3 Å². The molecule has 1 atom stereocenters. The highest BCUT2D eigenvalue weighted by Gasteiger charge is 2.27. The van der Waals surface area contributed by atoms with Gasteiger partial charge < -0.3 is 10.2 Å². The highest BCUT2D eigenvalue weighted by atomic mass is 127. The SMILES string of the molecule is CC(c1c(F)ccc(F)c1Cl)N1CCNc2ncc(I)cc21. The minimum atomic E-state index is -0.610. The summed E-state index contributed by atoms with van der Waals surface area (Å²) in [6, 6.07) is 3.73. The summed E-state index contributed by atoms with van der Waals surface area (Å²) >= 11 is 8.17. The molecular formula is C15H13ClF2IN3. The molecule has 1 aromatic heterocycles. The smallest absolute Gasteiger partial charge is 0.149 e. The maximum atomic E-state index is 14.2. The number of rotatable bonds is 2. The summed E-state index contributed by atoms with van der Waals surface area (Å²) in [4.78, 5) is 6.34. The van der Waals surface area contributed by atoms with Crippen molar-refractivity contribution in [1.82, 2.24) is 4.98 Å². The van der Waals surface area contributed by atoms with E-state index in [0.29, 0.717) is 13.1 Å². The molecule has 0 amide bonds. The van der Waals surface area contributed by atoms with E-state index in [1.807, 2.05) is 17.9 Å². The first-order valence-electron chi connectivity index (χ1n) is 6.78. The van der Waals surface area contributed by atoms with Crippen molar-refractivity contribution in [2.24, 2.45) is 0 Å². The molecule has 0 fully saturated rings. The molecule has 1 aromatic carbocycles. The maximum Gasteiger partial charge on any atom is 0.149 e. The second-order valence-electron chi connectivity index (χ2n) is 5.07. The van der Waals surface area contributed by atoms with Crippen molar-refractivity contribution >= 4 is 45.7 Å². The monoisotopic (exact) mass is 435 g/mol. The Balaban J connectivity index is 2.06. The quantitative estimate of drug-likeness (QED) is 0.552. The highest BCUT2D eigenvalue weighted by Crippen LogP contribution is 2.38. The van der Waals surface area contributed by atoms with E-state index in [4.69, 9.17) is 11.6 Å². The summed E-state index contributed by atoms with van der Waals surface area (Å²) in [6.45, 7) is 3.15. The normalized spacial score (nSPS) is 15.2. The predicted molar refractivity (Wildman–Crippen MR) is 92.6 cm³/mol. The minimum Gasteiger partial charge on any atom is -0.367 e. The second kappa shape index (κ2) is 6.16. The zero-order valence-corrected chi connectivity index (χ0v) is 14.6. The molecule has 116 valence electrons. The Labute approximate surface area is 145 Å². The number of fused-ring (bicyclic) bond motifs is 1. The van der Waals surface area contributed by atoms with Crippen molar-refractivity contribution in [2.45, 2.75) is 13.0 Å². The van der Waals surface area contributed by atoms with Gasteiger partial charge in [-0.15, -0.1) is 0 Å². The molecule has 1 aliphatic rings. The largest absolute Gasteiger partial charge is 0.367 e. The molecular weight excluding hydrogens is 423 g/mol. The molecule has 1 N–H and O–H groups in total. The van der Waals surface area contributed by atoms with Gasteiger partial charge in [-0.1, -0.05) is 11.6 Å². The molecule has 0 radical (unpaired) electrons. The molecule has 7 heteroatoms. The topological polar surface area (TPSA) is 28.2 Å². The molecule has 0 aliphatic carbocycles. The predicted octanol–water partition coefficient (Wildman–Crippen LogP) is 4.61. The first-order chi connectivity index (χ1) is 10.5. The summed E-state index contributed by atoms with van der Waals surface area (Å²) in [5, 5.41) is 3.05. The highest BCUT2D eigenvalue weighted by molar-refractivity contribution is 14.1. The van der Waals surface area contributed by atoms with Gasteiger partial charge in [-0.3, -0.25) is 0 Å². The summed E-state index contributed by atoms with van der Waals surface area (Å²) in [5.74, 6) is -0.370. The van der Waals surface area contributed by atoms with Crippen LogP contribution < -0.4 is 10.2 Å². The van der Waals surface area contributed by atoms with E-state index in [9.17, 15) is 8.78 Å². The summed E-state index contributed by atoms with van der Waals surface area (Å²) in [5.41, 5.74) is 1.04. The van der Waals surface area contributed by atoms with Crippen LogP contribution in [-0.2, 0) is 0 Å². The first kappa shape index (κ1) is 15.7. The first-order valence-corrected chi connectivity index (χ1v) is 8.24. The Kier molecular flexibility index (Phi) is 4.40. The third kappa shape index (κ3) is 2.74. The fraction of sp³-hybridized carbons (Fsp3) is 0.267. The van der Waals surface area contributed by atoms with Gasteiger partial charge in [0.15, 0.2) is 0 Å². The van der Waals surface area contributed by atoms with E-state index in [1.165, 1.54) is 0 Å². The van der Waals surface area contributed by atoms with Crippen LogP contribution in [0.5, 0.6) is 0 Å². The van der Waals surface area contributed by atoms with Crippen LogP contribution in [0.3, 0.4) is 0 Å². The van der Waals surface area contributed by atoms with E-state index in [2.05, 4.69) is 32.9 Å². The lowest BCUT2D eigenvalue weighted by atomic mass is 10.0. The zero-order valence-electron chi connectivity index (χ0n) is 11.7. The molecule has 2 heterocycles. The van der Waals surface area contributed by atoms with Crippen molar-refractivity contribution in [1.29, 1.82) is 0 Å². The molecule has 0 saturated heterocycles. The lowest BCUT2D eigenvalue weighted by Gasteiger charge is -2.36. The number of aromatic nitrogens is 1. The average molecular weight is 436 g/mol. The van der Waals surface area contributed by atoms with E-state index in [-0.39, 0.29) is 10.6 Å². The van der Waals surface area contributed by atoms with Crippen LogP contribution in [0.2, 0.25) is 5.02 Å². The molecule has 1 unspecified atom stereocenters. The van der Waals surface area contributed by atoms with Gasteiger partial charge in [0.2, 0.25) is 0 Å². The van der Waals surface area contributed by atoms with Crippen LogP contribution in [-0.4, -0.2) is 18.1 Å². The maximum absolute atomic E-state index is 14.2. The van der Waals surface area contributed by atoms with Gasteiger partial charge >= 0.3 is 0 Å². The second-order valence-corrected chi connectivity index (χ2v) is 6.70. The number of anilines is 2. The van der Waals surface area contributed by atoms with Gasteiger partial charge in [0.25, 0.3) is 0 Å². The van der Waals surface area contributed by atoms with Gasteiger partial charge in [-0.2, -0.15) is 0 Å². The lowest BCUT2D eigenvalue weighted by Crippen LogP contribution is -2.37. The van der Waals surface area contributed by atoms with Crippen molar-refractivity contribution in [3.05, 3.63) is 50.2 Å². The van der Waals surface area contributed by atoms with Crippen molar-refractivity contribution in [3.8, 4) is 0 Å². The fourth-order valence-electron chi connectivity index (χ4n) is 2.68. The van der Waals surface area contributed by atoms with Gasteiger partial charge in [-0.05, 0) is 47.7 Å². The van der Waals surface area contributed by atoms with E-state index < -0.39 is 17.7 Å². The Morgan fingerprint density at radius 1 is 1.36 bits per heavy atom. The summed E-state index contributed by atoms with van der Waals surface area (Å²) in [7, 11) is 0. The van der Waals surface area contributed by atoms with Crippen molar-refractivity contribution in [3.63, 3.8) is 0 Å². The number of nitrogens with zero attached hydrogens (tertiary/aromatic N) is 2. The molecule has 0 saturated carbocycles. The molecule has 3 rings (SSSR count). The average Bonchev–Trinajstić information content (AvgIpc) is 2.50. The van der Waals surface area contributed by atoms with Crippen LogP contribution in [0.25, 0.3) is 0 Å². The van der Waals surface area contributed by atoms with Gasteiger partial charge in [0, 0.05) is 28.4 Å². The number of benzene rings is 1. The number of hydrogen-bond acceptors (Lipinski definition) is 3. The fourth-order valence-corrected chi connectivity index (χ4v) is 3.43. The number of hydrogen-bond donors (Lipinski definition) is 1. The molecule has 1 aliphatic heterocycles. The molecule has 22 heavy (non-hydrogen) atoms. The van der Waals surface area contributed by atoms with E-state index in [0.717, 1.165) is 27.2 Å². The minimum absolute atomic E-state index is 0.161. The Morgan fingerprint density at radius 3 is 2.86 bits per heavy atom. The van der Waals surface area contributed by atoms with Crippen LogP contribution in [0.4, 0.5) is 20.3 Å². The standard InChI is InChI=1S/C15H13ClF2IN3/c1-8(13-10(17)2-3-11(18)14(13)16)22-5-4-20-15-12(22)6-9(19)7-21-15/h2-3,6-8H,4-5H2,1H3,(H,20,21). The van der Waals surface area contributed by atoms with Gasteiger partial charge in [0.1, 0.15) is 17.5 Å². The van der Waals surface area contributed by atoms with Crippen LogP contribution in [0.1, 0.15) is 18.5 Å². The molecule has 2 aromatic rings. The Hall–Kier alpha value is -1.15. The van der Waals surface area contributed by atoms with Gasteiger partial charge in [0.05, 0.1) is 16.8 Å². The van der Waals surface area contributed by atoms with Crippen LogP contribution >= 0.6 is 34.2 Å². The summed E-state index contributed by atoms with van der Waals surface area (Å²) < 4.78 is 28.9.